The molecule has 0 saturated carbocycles. The van der Waals surface area contributed by atoms with Crippen molar-refractivity contribution in [1.82, 2.24) is 0 Å². The van der Waals surface area contributed by atoms with Gasteiger partial charge in [-0.15, -0.1) is 0 Å². The lowest BCUT2D eigenvalue weighted by Crippen LogP contribution is -2.13. The van der Waals surface area contributed by atoms with Gasteiger partial charge in [-0.1, -0.05) is 182 Å². The zero-order valence-electron chi connectivity index (χ0n) is 41.4. The molecule has 0 amide bonds. The summed E-state index contributed by atoms with van der Waals surface area (Å²) in [5, 5.41) is 9.65. The number of carboxylic acid groups (broad SMARTS) is 1. The number of benzene rings is 11. The summed E-state index contributed by atoms with van der Waals surface area (Å²) in [6.45, 7) is 7.45. The molecule has 0 saturated heterocycles. The number of anilines is 9. The summed E-state index contributed by atoms with van der Waals surface area (Å²) in [5.41, 5.74) is 18.0. The van der Waals surface area contributed by atoms with Gasteiger partial charge in [0.05, 0.1) is 6.57 Å². The second kappa shape index (κ2) is 22.1. The summed E-state index contributed by atoms with van der Waals surface area (Å²) in [6, 6.07) is 101. The second-order valence-corrected chi connectivity index (χ2v) is 18.2. The molecular formula is C70H50N4O2. The van der Waals surface area contributed by atoms with Gasteiger partial charge in [-0.3, -0.25) is 4.79 Å². The first-order valence-electron chi connectivity index (χ1n) is 25.1. The van der Waals surface area contributed by atoms with Crippen LogP contribution in [0.2, 0.25) is 0 Å². The molecule has 0 aromatic heterocycles. The van der Waals surface area contributed by atoms with Gasteiger partial charge in [0.25, 0.3) is 5.70 Å². The molecule has 0 unspecified atom stereocenters. The van der Waals surface area contributed by atoms with E-state index in [9.17, 15) is 9.90 Å². The number of hydrogen-bond acceptors (Lipinski definition) is 4. The molecule has 0 aliphatic carbocycles. The van der Waals surface area contributed by atoms with Gasteiger partial charge in [0.2, 0.25) is 0 Å². The minimum absolute atomic E-state index is 0.350. The maximum atomic E-state index is 11.8. The molecular weight excluding hydrogens is 929 g/mol. The third-order valence-electron chi connectivity index (χ3n) is 13.4. The third-order valence-corrected chi connectivity index (χ3v) is 13.4. The first-order valence-corrected chi connectivity index (χ1v) is 25.1. The van der Waals surface area contributed by atoms with Gasteiger partial charge in [0, 0.05) is 51.2 Å². The van der Waals surface area contributed by atoms with Crippen molar-refractivity contribution in [3.63, 3.8) is 0 Å². The van der Waals surface area contributed by atoms with Crippen LogP contribution in [0.5, 0.6) is 0 Å². The van der Waals surface area contributed by atoms with Crippen LogP contribution in [0.15, 0.2) is 297 Å². The highest BCUT2D eigenvalue weighted by Crippen LogP contribution is 2.44. The van der Waals surface area contributed by atoms with E-state index < -0.39 is 5.97 Å². The third kappa shape index (κ3) is 10.5. The standard InChI is InChI=1S/C70H50N4O2/c1-71-69(70(75)76)46-51-34-36-60(37-35-51)72(61-38-42-63(43-39-61)73(65-30-14-26-56(47-65)52-18-6-2-7-19-52)66-31-15-27-57(48-66)53-20-8-3-9-21-53)62-40-44-64(45-41-62)74(67-32-16-28-58(49-67)54-22-10-4-11-23-54)68-33-17-29-59(50-68)55-24-12-5-13-25-55/h2-50H,(H,75,76). The molecule has 6 nitrogen and oxygen atoms in total. The number of hydrogen-bond donors (Lipinski definition) is 1. The van der Waals surface area contributed by atoms with Crippen LogP contribution in [0.1, 0.15) is 5.56 Å². The average Bonchev–Trinajstić information content (AvgIpc) is 3.50. The summed E-state index contributed by atoms with van der Waals surface area (Å²) < 4.78 is 0. The van der Waals surface area contributed by atoms with E-state index in [4.69, 9.17) is 6.57 Å². The normalized spacial score (nSPS) is 11.1. The predicted octanol–water partition coefficient (Wildman–Crippen LogP) is 19.1. The SMILES string of the molecule is [C-]#[N+]C(=Cc1ccc(N(c2ccc(N(c3cccc(-c4ccccc4)c3)c3cccc(-c4ccccc4)c3)cc2)c2ccc(N(c3cccc(-c4ccccc4)c3)c3cccc(-c4ccccc4)c3)cc2)cc1)C(=O)O. The molecule has 76 heavy (non-hydrogen) atoms. The van der Waals surface area contributed by atoms with Crippen molar-refractivity contribution in [3.8, 4) is 44.5 Å². The zero-order chi connectivity index (χ0) is 51.6. The number of nitrogens with zero attached hydrogens (tertiary/aromatic N) is 4. The van der Waals surface area contributed by atoms with E-state index in [1.54, 1.807) is 0 Å². The van der Waals surface area contributed by atoms with E-state index in [-0.39, 0.29) is 5.70 Å². The summed E-state index contributed by atoms with van der Waals surface area (Å²) in [5.74, 6) is -1.26. The van der Waals surface area contributed by atoms with Crippen molar-refractivity contribution in [3.05, 3.63) is 314 Å². The first-order chi connectivity index (χ1) is 37.5. The fourth-order valence-electron chi connectivity index (χ4n) is 9.68. The lowest BCUT2D eigenvalue weighted by atomic mass is 10.0. The lowest BCUT2D eigenvalue weighted by molar-refractivity contribution is -0.132. The maximum Gasteiger partial charge on any atom is 0.333 e. The molecule has 11 rings (SSSR count). The van der Waals surface area contributed by atoms with Crippen molar-refractivity contribution in [2.75, 3.05) is 14.7 Å². The van der Waals surface area contributed by atoms with E-state index in [1.165, 1.54) is 6.08 Å². The van der Waals surface area contributed by atoms with Crippen molar-refractivity contribution >= 4 is 63.2 Å². The molecule has 11 aromatic carbocycles. The second-order valence-electron chi connectivity index (χ2n) is 18.2. The van der Waals surface area contributed by atoms with E-state index >= 15 is 0 Å². The number of carboxylic acids is 1. The molecule has 0 spiro atoms. The summed E-state index contributed by atoms with van der Waals surface area (Å²) in [4.78, 5) is 21.9. The van der Waals surface area contributed by atoms with Crippen LogP contribution >= 0.6 is 0 Å². The van der Waals surface area contributed by atoms with Gasteiger partial charge in [-0.25, -0.2) is 4.85 Å². The number of carbonyl (C=O) groups is 1. The minimum Gasteiger partial charge on any atom is -0.486 e. The van der Waals surface area contributed by atoms with Gasteiger partial charge >= 0.3 is 5.97 Å². The van der Waals surface area contributed by atoms with Gasteiger partial charge in [0.15, 0.2) is 0 Å². The average molecular weight is 979 g/mol. The van der Waals surface area contributed by atoms with Crippen molar-refractivity contribution in [1.29, 1.82) is 0 Å². The van der Waals surface area contributed by atoms with Gasteiger partial charge in [-0.2, -0.15) is 0 Å². The van der Waals surface area contributed by atoms with Crippen LogP contribution in [0.25, 0.3) is 55.4 Å². The predicted molar refractivity (Wildman–Crippen MR) is 314 cm³/mol. The fraction of sp³-hybridized carbons (Fsp3) is 0. The fourth-order valence-corrected chi connectivity index (χ4v) is 9.68. The van der Waals surface area contributed by atoms with E-state index in [2.05, 4.69) is 262 Å². The van der Waals surface area contributed by atoms with Gasteiger partial charge < -0.3 is 19.8 Å². The van der Waals surface area contributed by atoms with E-state index in [0.29, 0.717) is 5.56 Å². The summed E-state index contributed by atoms with van der Waals surface area (Å²) in [7, 11) is 0. The molecule has 0 heterocycles. The largest absolute Gasteiger partial charge is 0.486 e. The van der Waals surface area contributed by atoms with Crippen LogP contribution in [0.3, 0.4) is 0 Å². The van der Waals surface area contributed by atoms with Crippen molar-refractivity contribution < 1.29 is 9.90 Å². The summed E-state index contributed by atoms with van der Waals surface area (Å²) in [6.07, 6.45) is 1.40. The smallest absolute Gasteiger partial charge is 0.333 e. The van der Waals surface area contributed by atoms with Crippen molar-refractivity contribution in [2.24, 2.45) is 0 Å². The van der Waals surface area contributed by atoms with Gasteiger partial charge in [-0.05, 0) is 165 Å². The zero-order valence-corrected chi connectivity index (χ0v) is 41.4. The quantitative estimate of drug-likeness (QED) is 0.0819. The Kier molecular flexibility index (Phi) is 13.9. The maximum absolute atomic E-state index is 11.8. The van der Waals surface area contributed by atoms with Crippen LogP contribution in [-0.2, 0) is 4.79 Å². The molecule has 0 atom stereocenters. The summed E-state index contributed by atoms with van der Waals surface area (Å²) >= 11 is 0. The molecule has 362 valence electrons. The van der Waals surface area contributed by atoms with E-state index in [1.807, 2.05) is 48.5 Å². The molecule has 0 aliphatic heterocycles. The molecule has 0 fully saturated rings. The first kappa shape index (κ1) is 47.8. The Balaban J connectivity index is 1.02. The highest BCUT2D eigenvalue weighted by molar-refractivity contribution is 5.94. The van der Waals surface area contributed by atoms with Crippen LogP contribution in [0.4, 0.5) is 51.2 Å². The molecule has 6 heteroatoms. The molecule has 11 aromatic rings. The minimum atomic E-state index is -1.26. The van der Waals surface area contributed by atoms with Crippen LogP contribution < -0.4 is 14.7 Å². The molecule has 1 N–H and O–H groups in total. The molecule has 0 aliphatic rings. The monoisotopic (exact) mass is 978 g/mol. The van der Waals surface area contributed by atoms with Crippen LogP contribution in [-0.4, -0.2) is 11.1 Å². The molecule has 0 bridgehead atoms. The lowest BCUT2D eigenvalue weighted by Gasteiger charge is -2.30. The van der Waals surface area contributed by atoms with E-state index in [0.717, 1.165) is 95.7 Å². The van der Waals surface area contributed by atoms with Crippen molar-refractivity contribution in [2.45, 2.75) is 0 Å². The Bertz CT molecular complexity index is 3460. The Morgan fingerprint density at radius 2 is 0.539 bits per heavy atom. The van der Waals surface area contributed by atoms with Gasteiger partial charge in [0.1, 0.15) is 0 Å². The highest BCUT2D eigenvalue weighted by Gasteiger charge is 2.20. The van der Waals surface area contributed by atoms with Crippen LogP contribution in [0, 0.1) is 6.57 Å². The Labute approximate surface area is 444 Å². The Morgan fingerprint density at radius 1 is 0.303 bits per heavy atom. The number of aliphatic carboxylic acids is 1. The Morgan fingerprint density at radius 3 is 0.789 bits per heavy atom. The Hall–Kier alpha value is -10.5. The topological polar surface area (TPSA) is 51.4 Å². The highest BCUT2D eigenvalue weighted by atomic mass is 16.4. The number of rotatable bonds is 15. The molecule has 0 radical (unpaired) electrons.